The van der Waals surface area contributed by atoms with Crippen LogP contribution in [0.15, 0.2) is 18.2 Å². The Hall–Kier alpha value is -0.970. The second-order valence-corrected chi connectivity index (χ2v) is 4.54. The smallest absolute Gasteiger partial charge is 0.128 e. The zero-order chi connectivity index (χ0) is 14.1. The number of ether oxygens (including phenoxy) is 1. The summed E-state index contributed by atoms with van der Waals surface area (Å²) in [6.07, 6.45) is 0. The Balaban J connectivity index is 2.41. The van der Waals surface area contributed by atoms with Gasteiger partial charge in [0.15, 0.2) is 0 Å². The van der Waals surface area contributed by atoms with Crippen LogP contribution in [0.25, 0.3) is 0 Å². The highest BCUT2D eigenvalue weighted by Crippen LogP contribution is 2.12. The van der Waals surface area contributed by atoms with Gasteiger partial charge in [0.05, 0.1) is 13.2 Å². The second kappa shape index (κ2) is 9.02. The average Bonchev–Trinajstić information content (AvgIpc) is 2.42. The van der Waals surface area contributed by atoms with Gasteiger partial charge in [-0.05, 0) is 37.8 Å². The van der Waals surface area contributed by atoms with Gasteiger partial charge >= 0.3 is 0 Å². The highest BCUT2D eigenvalue weighted by Gasteiger charge is 2.04. The molecule has 1 rings (SSSR count). The van der Waals surface area contributed by atoms with Gasteiger partial charge in [0.25, 0.3) is 0 Å². The molecule has 0 amide bonds. The Morgan fingerprint density at radius 3 is 2.63 bits per heavy atom. The Kier molecular flexibility index (Phi) is 7.63. The van der Waals surface area contributed by atoms with Gasteiger partial charge in [-0.2, -0.15) is 0 Å². The van der Waals surface area contributed by atoms with Gasteiger partial charge in [-0.25, -0.2) is 4.39 Å². The maximum absolute atomic E-state index is 13.6. The van der Waals surface area contributed by atoms with Crippen LogP contribution < -0.4 is 5.32 Å². The monoisotopic (exact) mass is 268 g/mol. The molecule has 0 saturated heterocycles. The molecule has 4 heteroatoms. The molecule has 0 unspecified atom stereocenters. The van der Waals surface area contributed by atoms with Crippen molar-refractivity contribution < 1.29 is 9.13 Å². The second-order valence-electron chi connectivity index (χ2n) is 4.54. The minimum atomic E-state index is -0.192. The minimum absolute atomic E-state index is 0.192. The van der Waals surface area contributed by atoms with Crippen molar-refractivity contribution in [3.63, 3.8) is 0 Å². The first kappa shape index (κ1) is 16.1. The fourth-order valence-corrected chi connectivity index (χ4v) is 1.97. The van der Waals surface area contributed by atoms with E-state index in [1.807, 2.05) is 13.1 Å². The summed E-state index contributed by atoms with van der Waals surface area (Å²) in [6.45, 7) is 8.91. The van der Waals surface area contributed by atoms with Crippen molar-refractivity contribution in [1.82, 2.24) is 10.2 Å². The zero-order valence-corrected chi connectivity index (χ0v) is 12.2. The van der Waals surface area contributed by atoms with Crippen molar-refractivity contribution in [3.8, 4) is 0 Å². The van der Waals surface area contributed by atoms with E-state index in [0.717, 1.165) is 31.7 Å². The van der Waals surface area contributed by atoms with Crippen molar-refractivity contribution >= 4 is 0 Å². The molecule has 0 aliphatic rings. The van der Waals surface area contributed by atoms with Gasteiger partial charge in [-0.3, -0.25) is 0 Å². The van der Waals surface area contributed by atoms with Crippen molar-refractivity contribution in [2.24, 2.45) is 0 Å². The molecular formula is C15H25FN2O. The number of nitrogens with one attached hydrogen (secondary N) is 1. The molecule has 0 bridgehead atoms. The van der Waals surface area contributed by atoms with Crippen LogP contribution >= 0.6 is 0 Å². The number of benzene rings is 1. The van der Waals surface area contributed by atoms with Crippen molar-refractivity contribution in [3.05, 3.63) is 35.1 Å². The normalized spacial score (nSPS) is 11.2. The molecule has 0 aromatic heterocycles. The van der Waals surface area contributed by atoms with E-state index in [1.165, 1.54) is 6.07 Å². The van der Waals surface area contributed by atoms with Crippen LogP contribution in [-0.4, -0.2) is 38.2 Å². The summed E-state index contributed by atoms with van der Waals surface area (Å²) in [5.41, 5.74) is 1.71. The van der Waals surface area contributed by atoms with Crippen LogP contribution in [0.4, 0.5) is 4.39 Å². The predicted molar refractivity (Wildman–Crippen MR) is 76.6 cm³/mol. The highest BCUT2D eigenvalue weighted by atomic mass is 19.1. The maximum Gasteiger partial charge on any atom is 0.128 e. The molecule has 0 aliphatic carbocycles. The number of hydrogen-bond donors (Lipinski definition) is 1. The molecule has 0 atom stereocenters. The lowest BCUT2D eigenvalue weighted by Crippen LogP contribution is -2.27. The molecule has 1 N–H and O–H groups in total. The van der Waals surface area contributed by atoms with Crippen LogP contribution in [0.5, 0.6) is 0 Å². The first-order valence-corrected chi connectivity index (χ1v) is 6.93. The van der Waals surface area contributed by atoms with Gasteiger partial charge in [-0.15, -0.1) is 0 Å². The van der Waals surface area contributed by atoms with E-state index in [4.69, 9.17) is 4.74 Å². The fraction of sp³-hybridized carbons (Fsp3) is 0.600. The number of hydrogen-bond acceptors (Lipinski definition) is 3. The molecule has 108 valence electrons. The van der Waals surface area contributed by atoms with E-state index in [2.05, 4.69) is 24.1 Å². The third kappa shape index (κ3) is 5.68. The standard InChI is InChI=1S/C15H25FN2O/c1-4-18(5-2)8-9-19-12-14-10-13(11-17-3)6-7-15(14)16/h6-7,10,17H,4-5,8-9,11-12H2,1-3H3. The van der Waals surface area contributed by atoms with E-state index in [1.54, 1.807) is 6.07 Å². The Morgan fingerprint density at radius 2 is 2.00 bits per heavy atom. The summed E-state index contributed by atoms with van der Waals surface area (Å²) < 4.78 is 19.2. The van der Waals surface area contributed by atoms with Crippen molar-refractivity contribution in [2.45, 2.75) is 27.0 Å². The molecule has 3 nitrogen and oxygen atoms in total. The molecule has 0 radical (unpaired) electrons. The van der Waals surface area contributed by atoms with Crippen LogP contribution in [0.3, 0.4) is 0 Å². The lowest BCUT2D eigenvalue weighted by Gasteiger charge is -2.17. The minimum Gasteiger partial charge on any atom is -0.375 e. The molecule has 0 saturated carbocycles. The highest BCUT2D eigenvalue weighted by molar-refractivity contribution is 5.24. The topological polar surface area (TPSA) is 24.5 Å². The molecule has 0 heterocycles. The molecule has 1 aromatic carbocycles. The number of halogens is 1. The largest absolute Gasteiger partial charge is 0.375 e. The van der Waals surface area contributed by atoms with Crippen LogP contribution in [-0.2, 0) is 17.9 Å². The van der Waals surface area contributed by atoms with Crippen molar-refractivity contribution in [1.29, 1.82) is 0 Å². The predicted octanol–water partition coefficient (Wildman–Crippen LogP) is 2.40. The zero-order valence-electron chi connectivity index (χ0n) is 12.2. The first-order valence-electron chi connectivity index (χ1n) is 6.93. The molecule has 0 fully saturated rings. The van der Waals surface area contributed by atoms with Crippen LogP contribution in [0.1, 0.15) is 25.0 Å². The van der Waals surface area contributed by atoms with Crippen LogP contribution in [0, 0.1) is 5.82 Å². The van der Waals surface area contributed by atoms with E-state index in [0.29, 0.717) is 18.8 Å². The Labute approximate surface area is 115 Å². The summed E-state index contributed by atoms with van der Waals surface area (Å²) in [5.74, 6) is -0.192. The Bertz CT molecular complexity index is 367. The Morgan fingerprint density at radius 1 is 1.26 bits per heavy atom. The van der Waals surface area contributed by atoms with E-state index >= 15 is 0 Å². The summed E-state index contributed by atoms with van der Waals surface area (Å²) in [4.78, 5) is 2.29. The summed E-state index contributed by atoms with van der Waals surface area (Å²) in [6, 6.07) is 5.17. The average molecular weight is 268 g/mol. The van der Waals surface area contributed by atoms with Gasteiger partial charge in [0.2, 0.25) is 0 Å². The van der Waals surface area contributed by atoms with Gasteiger partial charge in [0, 0.05) is 18.7 Å². The first-order chi connectivity index (χ1) is 9.21. The lowest BCUT2D eigenvalue weighted by molar-refractivity contribution is 0.0938. The third-order valence-electron chi connectivity index (χ3n) is 3.19. The quantitative estimate of drug-likeness (QED) is 0.696. The molecular weight excluding hydrogens is 243 g/mol. The molecule has 0 aliphatic heterocycles. The van der Waals surface area contributed by atoms with Crippen molar-refractivity contribution in [2.75, 3.05) is 33.3 Å². The maximum atomic E-state index is 13.6. The van der Waals surface area contributed by atoms with Gasteiger partial charge < -0.3 is 15.0 Å². The lowest BCUT2D eigenvalue weighted by atomic mass is 10.1. The number of likely N-dealkylation sites (N-methyl/N-ethyl adjacent to an activating group) is 1. The fourth-order valence-electron chi connectivity index (χ4n) is 1.97. The van der Waals surface area contributed by atoms with Crippen LogP contribution in [0.2, 0.25) is 0 Å². The van der Waals surface area contributed by atoms with E-state index in [9.17, 15) is 4.39 Å². The summed E-state index contributed by atoms with van der Waals surface area (Å²) >= 11 is 0. The molecule has 1 aromatic rings. The third-order valence-corrected chi connectivity index (χ3v) is 3.19. The van der Waals surface area contributed by atoms with Gasteiger partial charge in [-0.1, -0.05) is 19.9 Å². The van der Waals surface area contributed by atoms with E-state index in [-0.39, 0.29) is 5.82 Å². The molecule has 0 spiro atoms. The SMILES string of the molecule is CCN(CC)CCOCc1cc(CNC)ccc1F. The molecule has 19 heavy (non-hydrogen) atoms. The van der Waals surface area contributed by atoms with Gasteiger partial charge in [0.1, 0.15) is 5.82 Å². The van der Waals surface area contributed by atoms with E-state index < -0.39 is 0 Å². The number of nitrogens with zero attached hydrogens (tertiary/aromatic N) is 1. The number of rotatable bonds is 9. The summed E-state index contributed by atoms with van der Waals surface area (Å²) in [5, 5.41) is 3.06. The summed E-state index contributed by atoms with van der Waals surface area (Å²) in [7, 11) is 1.88.